The number of amides is 2. The highest BCUT2D eigenvalue weighted by atomic mass is 19.1. The number of nitrogens with two attached hydrogens (primary N) is 1. The summed E-state index contributed by atoms with van der Waals surface area (Å²) in [6, 6.07) is 14.1. The number of primary amides is 1. The number of nitrogens with zero attached hydrogens (tertiary/aromatic N) is 3. The second-order valence-corrected chi connectivity index (χ2v) is 8.52. The van der Waals surface area contributed by atoms with E-state index < -0.39 is 5.91 Å². The van der Waals surface area contributed by atoms with Crippen LogP contribution in [-0.2, 0) is 4.79 Å². The van der Waals surface area contributed by atoms with Gasteiger partial charge in [0.25, 0.3) is 5.91 Å². The fourth-order valence-electron chi connectivity index (χ4n) is 4.30. The average molecular weight is 487 g/mol. The van der Waals surface area contributed by atoms with Gasteiger partial charge in [-0.2, -0.15) is 0 Å². The number of ether oxygens (including phenoxy) is 2. The molecule has 2 aromatic carbocycles. The van der Waals surface area contributed by atoms with Crippen LogP contribution < -0.4 is 20.1 Å². The molecule has 0 radical (unpaired) electrons. The molecule has 2 amide bonds. The lowest BCUT2D eigenvalue weighted by molar-refractivity contribution is -0.123. The maximum absolute atomic E-state index is 13.4. The summed E-state index contributed by atoms with van der Waals surface area (Å²) < 4.78 is 24.8. The molecule has 3 aromatic rings. The van der Waals surface area contributed by atoms with Crippen molar-refractivity contribution in [2.75, 3.05) is 24.5 Å². The molecule has 3 heterocycles. The summed E-state index contributed by atoms with van der Waals surface area (Å²) in [4.78, 5) is 32.2. The quantitative estimate of drug-likeness (QED) is 0.502. The Balaban J connectivity index is 1.29. The van der Waals surface area contributed by atoms with E-state index in [9.17, 15) is 14.0 Å². The van der Waals surface area contributed by atoms with E-state index in [2.05, 4.69) is 16.5 Å². The van der Waals surface area contributed by atoms with Crippen LogP contribution in [0.1, 0.15) is 10.4 Å². The molecule has 0 spiro atoms. The van der Waals surface area contributed by atoms with Crippen LogP contribution in [0.3, 0.4) is 0 Å². The van der Waals surface area contributed by atoms with Crippen molar-refractivity contribution >= 4 is 17.5 Å². The second-order valence-electron chi connectivity index (χ2n) is 8.52. The standard InChI is InChI=1S/C27H23FN4O4/c1-2-25(33)32-15-17-13-31(14-18(17)16-32)20-11-24(26(29)34)27(30-12-20)36-22-8-6-21(7-9-22)35-23-5-3-4-19(28)10-23/h2-12,15,18H,1,13-14,16H2,(H2,29,34). The highest BCUT2D eigenvalue weighted by Crippen LogP contribution is 2.35. The second kappa shape index (κ2) is 9.53. The van der Waals surface area contributed by atoms with Gasteiger partial charge in [0.15, 0.2) is 0 Å². The predicted octanol–water partition coefficient (Wildman–Crippen LogP) is 4.25. The Labute approximate surface area is 207 Å². The number of carbonyl (C=O) groups is 2. The van der Waals surface area contributed by atoms with Gasteiger partial charge in [0, 0.05) is 37.8 Å². The van der Waals surface area contributed by atoms with Gasteiger partial charge in [0.2, 0.25) is 11.8 Å². The number of aromatic nitrogens is 1. The lowest BCUT2D eigenvalue weighted by Crippen LogP contribution is -2.28. The first-order chi connectivity index (χ1) is 17.4. The Hall–Kier alpha value is -4.66. The molecule has 36 heavy (non-hydrogen) atoms. The van der Waals surface area contributed by atoms with Crippen molar-refractivity contribution in [3.63, 3.8) is 0 Å². The van der Waals surface area contributed by atoms with Gasteiger partial charge in [-0.05, 0) is 54.1 Å². The zero-order valence-electron chi connectivity index (χ0n) is 19.3. The normalized spacial score (nSPS) is 16.4. The van der Waals surface area contributed by atoms with Gasteiger partial charge in [-0.1, -0.05) is 12.6 Å². The molecule has 2 N–H and O–H groups in total. The van der Waals surface area contributed by atoms with Crippen molar-refractivity contribution in [2.45, 2.75) is 0 Å². The van der Waals surface area contributed by atoms with E-state index >= 15 is 0 Å². The van der Waals surface area contributed by atoms with Gasteiger partial charge in [-0.15, -0.1) is 0 Å². The number of carbonyl (C=O) groups excluding carboxylic acids is 2. The molecule has 0 saturated carbocycles. The van der Waals surface area contributed by atoms with E-state index in [0.29, 0.717) is 36.9 Å². The number of anilines is 1. The minimum atomic E-state index is -0.660. The summed E-state index contributed by atoms with van der Waals surface area (Å²) >= 11 is 0. The Morgan fingerprint density at radius 3 is 2.47 bits per heavy atom. The Morgan fingerprint density at radius 1 is 1.06 bits per heavy atom. The molecule has 1 unspecified atom stereocenters. The van der Waals surface area contributed by atoms with Gasteiger partial charge in [-0.25, -0.2) is 9.37 Å². The van der Waals surface area contributed by atoms with Gasteiger partial charge in [0.1, 0.15) is 28.6 Å². The topological polar surface area (TPSA) is 98.0 Å². The van der Waals surface area contributed by atoms with Gasteiger partial charge < -0.3 is 25.0 Å². The van der Waals surface area contributed by atoms with Crippen molar-refractivity contribution in [3.8, 4) is 23.1 Å². The fourth-order valence-corrected chi connectivity index (χ4v) is 4.30. The zero-order valence-corrected chi connectivity index (χ0v) is 19.3. The van der Waals surface area contributed by atoms with E-state index in [0.717, 1.165) is 11.3 Å². The molecule has 2 aliphatic heterocycles. The van der Waals surface area contributed by atoms with Crippen LogP contribution in [0.2, 0.25) is 0 Å². The van der Waals surface area contributed by atoms with E-state index in [1.807, 2.05) is 6.20 Å². The van der Waals surface area contributed by atoms with Gasteiger partial charge >= 0.3 is 0 Å². The van der Waals surface area contributed by atoms with Crippen LogP contribution in [0.15, 0.2) is 85.2 Å². The lowest BCUT2D eigenvalue weighted by Gasteiger charge is -2.21. The van der Waals surface area contributed by atoms with Crippen molar-refractivity contribution in [3.05, 3.63) is 96.6 Å². The van der Waals surface area contributed by atoms with Crippen LogP contribution in [0, 0.1) is 11.7 Å². The summed E-state index contributed by atoms with van der Waals surface area (Å²) in [6.45, 7) is 5.46. The Bertz CT molecular complexity index is 1370. The van der Waals surface area contributed by atoms with Crippen molar-refractivity contribution < 1.29 is 23.5 Å². The lowest BCUT2D eigenvalue weighted by atomic mass is 10.1. The molecule has 2 aliphatic rings. The summed E-state index contributed by atoms with van der Waals surface area (Å²) in [6.07, 6.45) is 4.82. The van der Waals surface area contributed by atoms with Crippen LogP contribution in [-0.4, -0.2) is 41.3 Å². The average Bonchev–Trinajstić information content (AvgIpc) is 3.45. The molecule has 0 aliphatic carbocycles. The van der Waals surface area contributed by atoms with E-state index in [4.69, 9.17) is 15.2 Å². The first-order valence-corrected chi connectivity index (χ1v) is 11.3. The number of pyridine rings is 1. The number of fused-ring (bicyclic) bond motifs is 1. The van der Waals surface area contributed by atoms with Crippen molar-refractivity contribution in [1.82, 2.24) is 9.88 Å². The van der Waals surface area contributed by atoms with Crippen LogP contribution >= 0.6 is 0 Å². The fraction of sp³-hybridized carbons (Fsp3) is 0.148. The highest BCUT2D eigenvalue weighted by molar-refractivity contribution is 5.96. The largest absolute Gasteiger partial charge is 0.457 e. The molecular weight excluding hydrogens is 463 g/mol. The predicted molar refractivity (Wildman–Crippen MR) is 131 cm³/mol. The Kier molecular flexibility index (Phi) is 6.12. The molecule has 1 atom stereocenters. The number of rotatable bonds is 7. The van der Waals surface area contributed by atoms with E-state index in [1.54, 1.807) is 53.6 Å². The third kappa shape index (κ3) is 4.76. The smallest absolute Gasteiger partial charge is 0.254 e. The van der Waals surface area contributed by atoms with E-state index in [1.165, 1.54) is 18.2 Å². The molecule has 1 fully saturated rings. The van der Waals surface area contributed by atoms with Crippen molar-refractivity contribution in [1.29, 1.82) is 0 Å². The minimum absolute atomic E-state index is 0.0893. The number of hydrogen-bond acceptors (Lipinski definition) is 6. The van der Waals surface area contributed by atoms with Gasteiger partial charge in [0.05, 0.1) is 11.9 Å². The third-order valence-electron chi connectivity index (χ3n) is 6.07. The first-order valence-electron chi connectivity index (χ1n) is 11.3. The third-order valence-corrected chi connectivity index (χ3v) is 6.07. The van der Waals surface area contributed by atoms with Gasteiger partial charge in [-0.3, -0.25) is 9.59 Å². The summed E-state index contributed by atoms with van der Waals surface area (Å²) in [7, 11) is 0. The van der Waals surface area contributed by atoms with Crippen LogP contribution in [0.5, 0.6) is 23.1 Å². The summed E-state index contributed by atoms with van der Waals surface area (Å²) in [5.41, 5.74) is 7.67. The maximum atomic E-state index is 13.4. The summed E-state index contributed by atoms with van der Waals surface area (Å²) in [5.74, 6) is 0.438. The molecule has 8 nitrogen and oxygen atoms in total. The number of halogens is 1. The van der Waals surface area contributed by atoms with Crippen LogP contribution in [0.4, 0.5) is 10.1 Å². The molecule has 1 aromatic heterocycles. The molecule has 1 saturated heterocycles. The molecule has 9 heteroatoms. The molecular formula is C27H23FN4O4. The van der Waals surface area contributed by atoms with Crippen molar-refractivity contribution in [2.24, 2.45) is 11.7 Å². The highest BCUT2D eigenvalue weighted by Gasteiger charge is 2.35. The minimum Gasteiger partial charge on any atom is -0.457 e. The first kappa shape index (κ1) is 23.1. The summed E-state index contributed by atoms with van der Waals surface area (Å²) in [5, 5.41) is 0. The molecule has 182 valence electrons. The zero-order chi connectivity index (χ0) is 25.2. The maximum Gasteiger partial charge on any atom is 0.254 e. The molecule has 0 bridgehead atoms. The number of hydrogen-bond donors (Lipinski definition) is 1. The Morgan fingerprint density at radius 2 is 1.81 bits per heavy atom. The SMILES string of the molecule is C=CC(=O)N1C=C2CN(c3cnc(Oc4ccc(Oc5cccc(F)c5)cc4)c(C(N)=O)c3)CC2C1. The van der Waals surface area contributed by atoms with E-state index in [-0.39, 0.29) is 29.1 Å². The van der Waals surface area contributed by atoms with Crippen LogP contribution in [0.25, 0.3) is 0 Å². The molecule has 5 rings (SSSR count). The number of benzene rings is 2. The monoisotopic (exact) mass is 486 g/mol.